The minimum atomic E-state index is -0.210. The van der Waals surface area contributed by atoms with Crippen LogP contribution in [0.2, 0.25) is 0 Å². The molecular weight excluding hydrogens is 236 g/mol. The first-order valence-electron chi connectivity index (χ1n) is 6.27. The second-order valence-electron chi connectivity index (χ2n) is 4.70. The average Bonchev–Trinajstić information content (AvgIpc) is 2.30. The fourth-order valence-electron chi connectivity index (χ4n) is 2.00. The summed E-state index contributed by atoms with van der Waals surface area (Å²) in [5, 5.41) is 9.38. The Morgan fingerprint density at radius 2 is 2.12 bits per heavy atom. The number of rotatable bonds is 6. The third kappa shape index (κ3) is 5.75. The Labute approximate surface area is 108 Å². The van der Waals surface area contributed by atoms with Gasteiger partial charge >= 0.3 is 0 Å². The largest absolute Gasteiger partial charge is 0.393 e. The van der Waals surface area contributed by atoms with Crippen molar-refractivity contribution in [2.45, 2.75) is 25.4 Å². The second-order valence-corrected chi connectivity index (χ2v) is 5.68. The number of carbonyl (C=O) groups is 1. The molecule has 1 aliphatic rings. The monoisotopic (exact) mass is 260 g/mol. The zero-order chi connectivity index (χ0) is 12.7. The summed E-state index contributed by atoms with van der Waals surface area (Å²) in [7, 11) is 2.00. The van der Waals surface area contributed by atoms with Crippen LogP contribution < -0.4 is 0 Å². The molecule has 100 valence electrons. The van der Waals surface area contributed by atoms with Gasteiger partial charge in [-0.15, -0.1) is 0 Å². The van der Waals surface area contributed by atoms with Gasteiger partial charge in [0.2, 0.25) is 5.91 Å². The molecule has 1 fully saturated rings. The van der Waals surface area contributed by atoms with Crippen LogP contribution in [0.15, 0.2) is 0 Å². The number of hydrogen-bond acceptors (Lipinski definition) is 4. The lowest BCUT2D eigenvalue weighted by atomic mass is 10.1. The van der Waals surface area contributed by atoms with E-state index in [2.05, 4.69) is 11.2 Å². The summed E-state index contributed by atoms with van der Waals surface area (Å²) < 4.78 is 0. The number of likely N-dealkylation sites (tertiary alicyclic amines) is 1. The van der Waals surface area contributed by atoms with Crippen molar-refractivity contribution in [1.29, 1.82) is 0 Å². The van der Waals surface area contributed by atoms with Crippen LogP contribution in [0.3, 0.4) is 0 Å². The van der Waals surface area contributed by atoms with E-state index in [1.807, 2.05) is 23.7 Å². The molecule has 0 spiro atoms. The predicted molar refractivity (Wildman–Crippen MR) is 72.3 cm³/mol. The van der Waals surface area contributed by atoms with E-state index in [0.29, 0.717) is 19.6 Å². The maximum absolute atomic E-state index is 11.9. The summed E-state index contributed by atoms with van der Waals surface area (Å²) in [4.78, 5) is 15.9. The summed E-state index contributed by atoms with van der Waals surface area (Å²) >= 11 is 1.84. The second kappa shape index (κ2) is 7.95. The Bertz CT molecular complexity index is 231. The Balaban J connectivity index is 2.19. The van der Waals surface area contributed by atoms with Crippen molar-refractivity contribution < 1.29 is 9.90 Å². The lowest BCUT2D eigenvalue weighted by Crippen LogP contribution is -2.44. The fraction of sp³-hybridized carbons (Fsp3) is 0.917. The number of carbonyl (C=O) groups excluding carboxylic acids is 1. The number of likely N-dealkylation sites (N-methyl/N-ethyl adjacent to an activating group) is 1. The first-order chi connectivity index (χ1) is 8.13. The molecule has 0 aromatic heterocycles. The van der Waals surface area contributed by atoms with Crippen LogP contribution in [0.5, 0.6) is 0 Å². The molecule has 17 heavy (non-hydrogen) atoms. The molecule has 4 nitrogen and oxygen atoms in total. The lowest BCUT2D eigenvalue weighted by molar-refractivity contribution is -0.134. The van der Waals surface area contributed by atoms with Crippen molar-refractivity contribution in [1.82, 2.24) is 9.80 Å². The lowest BCUT2D eigenvalue weighted by Gasteiger charge is -2.31. The van der Waals surface area contributed by atoms with E-state index in [1.165, 1.54) is 0 Å². The van der Waals surface area contributed by atoms with Crippen molar-refractivity contribution in [3.05, 3.63) is 0 Å². The Morgan fingerprint density at radius 1 is 1.47 bits per heavy atom. The van der Waals surface area contributed by atoms with E-state index < -0.39 is 0 Å². The molecule has 0 aliphatic carbocycles. The van der Waals surface area contributed by atoms with Crippen LogP contribution in [0.25, 0.3) is 0 Å². The minimum Gasteiger partial charge on any atom is -0.393 e. The maximum atomic E-state index is 11.9. The molecule has 0 atom stereocenters. The number of thioether (sulfide) groups is 1. The van der Waals surface area contributed by atoms with Crippen molar-refractivity contribution in [3.63, 3.8) is 0 Å². The Kier molecular flexibility index (Phi) is 6.92. The molecule has 1 saturated heterocycles. The van der Waals surface area contributed by atoms with E-state index in [9.17, 15) is 9.90 Å². The molecule has 1 N–H and O–H groups in total. The summed E-state index contributed by atoms with van der Waals surface area (Å²) in [5.41, 5.74) is 0. The van der Waals surface area contributed by atoms with Gasteiger partial charge < -0.3 is 10.0 Å². The molecule has 1 aliphatic heterocycles. The smallest absolute Gasteiger partial charge is 0.236 e. The molecule has 1 amide bonds. The van der Waals surface area contributed by atoms with Crippen LogP contribution >= 0.6 is 11.8 Å². The van der Waals surface area contributed by atoms with Gasteiger partial charge in [0, 0.05) is 13.1 Å². The first-order valence-corrected chi connectivity index (χ1v) is 7.66. The molecule has 5 heteroatoms. The quantitative estimate of drug-likeness (QED) is 0.712. The molecule has 1 heterocycles. The fourth-order valence-corrected chi connectivity index (χ4v) is 2.42. The van der Waals surface area contributed by atoms with Gasteiger partial charge in [-0.1, -0.05) is 0 Å². The van der Waals surface area contributed by atoms with Gasteiger partial charge in [0.15, 0.2) is 0 Å². The summed E-state index contributed by atoms with van der Waals surface area (Å²) in [5.74, 6) is 1.34. The standard InChI is InChI=1S/C12H24N2O2S/c1-13(6-3-9-17-2)10-12(16)14-7-4-11(15)5-8-14/h11,15H,3-10H2,1-2H3. The third-order valence-corrected chi connectivity index (χ3v) is 3.81. The molecule has 1 rings (SSSR count). The van der Waals surface area contributed by atoms with E-state index in [0.717, 1.165) is 31.6 Å². The van der Waals surface area contributed by atoms with Crippen molar-refractivity contribution in [3.8, 4) is 0 Å². The highest BCUT2D eigenvalue weighted by atomic mass is 32.2. The molecular formula is C12H24N2O2S. The number of amides is 1. The minimum absolute atomic E-state index is 0.198. The highest BCUT2D eigenvalue weighted by molar-refractivity contribution is 7.98. The zero-order valence-corrected chi connectivity index (χ0v) is 11.7. The van der Waals surface area contributed by atoms with Crippen LogP contribution in [0.4, 0.5) is 0 Å². The number of aliphatic hydroxyl groups excluding tert-OH is 1. The average molecular weight is 260 g/mol. The van der Waals surface area contributed by atoms with E-state index >= 15 is 0 Å². The number of piperidine rings is 1. The number of aliphatic hydroxyl groups is 1. The molecule has 0 aromatic carbocycles. The van der Waals surface area contributed by atoms with Crippen LogP contribution in [-0.4, -0.2) is 72.2 Å². The highest BCUT2D eigenvalue weighted by Crippen LogP contribution is 2.10. The SMILES string of the molecule is CSCCCN(C)CC(=O)N1CCC(O)CC1. The molecule has 0 aromatic rings. The predicted octanol–water partition coefficient (Wildman–Crippen LogP) is 0.655. The van der Waals surface area contributed by atoms with Crippen molar-refractivity contribution in [2.24, 2.45) is 0 Å². The maximum Gasteiger partial charge on any atom is 0.236 e. The van der Waals surface area contributed by atoms with Crippen molar-refractivity contribution in [2.75, 3.05) is 45.2 Å². The van der Waals surface area contributed by atoms with Crippen LogP contribution in [0.1, 0.15) is 19.3 Å². The van der Waals surface area contributed by atoms with Gasteiger partial charge in [0.25, 0.3) is 0 Å². The molecule has 0 bridgehead atoms. The van der Waals surface area contributed by atoms with Gasteiger partial charge in [-0.05, 0) is 44.9 Å². The Morgan fingerprint density at radius 3 is 2.71 bits per heavy atom. The van der Waals surface area contributed by atoms with Gasteiger partial charge in [0.05, 0.1) is 12.6 Å². The van der Waals surface area contributed by atoms with Gasteiger partial charge in [-0.25, -0.2) is 0 Å². The topological polar surface area (TPSA) is 43.8 Å². The number of hydrogen-bond donors (Lipinski definition) is 1. The number of nitrogens with zero attached hydrogens (tertiary/aromatic N) is 2. The highest BCUT2D eigenvalue weighted by Gasteiger charge is 2.21. The Hall–Kier alpha value is -0.260. The van der Waals surface area contributed by atoms with E-state index in [1.54, 1.807) is 0 Å². The van der Waals surface area contributed by atoms with E-state index in [-0.39, 0.29) is 12.0 Å². The van der Waals surface area contributed by atoms with Crippen molar-refractivity contribution >= 4 is 17.7 Å². The molecule has 0 radical (unpaired) electrons. The molecule has 0 saturated carbocycles. The van der Waals surface area contributed by atoms with Gasteiger partial charge in [-0.2, -0.15) is 11.8 Å². The van der Waals surface area contributed by atoms with Gasteiger partial charge in [0.1, 0.15) is 0 Å². The summed E-state index contributed by atoms with van der Waals surface area (Å²) in [6.07, 6.45) is 4.47. The normalized spacial score (nSPS) is 17.8. The van der Waals surface area contributed by atoms with Crippen LogP contribution in [-0.2, 0) is 4.79 Å². The third-order valence-electron chi connectivity index (χ3n) is 3.11. The van der Waals surface area contributed by atoms with E-state index in [4.69, 9.17) is 0 Å². The summed E-state index contributed by atoms with van der Waals surface area (Å²) in [6, 6.07) is 0. The van der Waals surface area contributed by atoms with Crippen LogP contribution in [0, 0.1) is 0 Å². The summed E-state index contributed by atoms with van der Waals surface area (Å²) in [6.45, 7) is 2.89. The zero-order valence-electron chi connectivity index (χ0n) is 10.9. The van der Waals surface area contributed by atoms with Gasteiger partial charge in [-0.3, -0.25) is 9.69 Å². The molecule has 0 unspecified atom stereocenters. The first kappa shape index (κ1) is 14.8.